The Morgan fingerprint density at radius 2 is 2.00 bits per heavy atom. The van der Waals surface area contributed by atoms with Crippen LogP contribution in [0.3, 0.4) is 0 Å². The van der Waals surface area contributed by atoms with Crippen molar-refractivity contribution in [3.8, 4) is 0 Å². The minimum atomic E-state index is -0.841. The van der Waals surface area contributed by atoms with E-state index in [2.05, 4.69) is 0 Å². The summed E-state index contributed by atoms with van der Waals surface area (Å²) in [6.07, 6.45) is 7.26. The van der Waals surface area contributed by atoms with Crippen molar-refractivity contribution in [2.75, 3.05) is 0 Å². The second-order valence-electron chi connectivity index (χ2n) is 4.96. The van der Waals surface area contributed by atoms with Gasteiger partial charge in [0.25, 0.3) is 0 Å². The van der Waals surface area contributed by atoms with Crippen LogP contribution in [0, 0.1) is 17.8 Å². The van der Waals surface area contributed by atoms with Crippen molar-refractivity contribution in [1.29, 1.82) is 0 Å². The van der Waals surface area contributed by atoms with Gasteiger partial charge in [0.2, 0.25) is 0 Å². The van der Waals surface area contributed by atoms with Gasteiger partial charge in [0.05, 0.1) is 0 Å². The standard InChI is InChI=1S/C11H19NO2/c12-10(11(13)14)6-9-5-7-1-3-8(9)4-2-7/h7-10H,1-6,12H2,(H,13,14)/t7?,8?,9?,10-/m0/s1. The van der Waals surface area contributed by atoms with Gasteiger partial charge < -0.3 is 10.8 Å². The number of carboxylic acids is 1. The molecule has 3 N–H and O–H groups in total. The van der Waals surface area contributed by atoms with E-state index >= 15 is 0 Å². The van der Waals surface area contributed by atoms with Gasteiger partial charge >= 0.3 is 5.97 Å². The summed E-state index contributed by atoms with van der Waals surface area (Å²) in [5, 5.41) is 8.76. The molecule has 3 aliphatic rings. The van der Waals surface area contributed by atoms with Crippen LogP contribution in [-0.4, -0.2) is 17.1 Å². The van der Waals surface area contributed by atoms with E-state index in [0.29, 0.717) is 12.3 Å². The molecule has 0 saturated heterocycles. The Hall–Kier alpha value is -0.570. The molecule has 3 saturated carbocycles. The first-order valence-corrected chi connectivity index (χ1v) is 5.65. The number of nitrogens with two attached hydrogens (primary N) is 1. The zero-order chi connectivity index (χ0) is 10.1. The average Bonchev–Trinajstić information content (AvgIpc) is 2.19. The van der Waals surface area contributed by atoms with Crippen molar-refractivity contribution in [2.45, 2.75) is 44.6 Å². The highest BCUT2D eigenvalue weighted by atomic mass is 16.4. The van der Waals surface area contributed by atoms with Gasteiger partial charge in [-0.15, -0.1) is 0 Å². The van der Waals surface area contributed by atoms with Crippen LogP contribution in [0.5, 0.6) is 0 Å². The van der Waals surface area contributed by atoms with Gasteiger partial charge in [0, 0.05) is 0 Å². The number of hydrogen-bond donors (Lipinski definition) is 2. The summed E-state index contributed by atoms with van der Waals surface area (Å²) in [5.74, 6) is 1.39. The van der Waals surface area contributed by atoms with Crippen LogP contribution in [0.2, 0.25) is 0 Å². The largest absolute Gasteiger partial charge is 0.480 e. The fourth-order valence-corrected chi connectivity index (χ4v) is 3.23. The van der Waals surface area contributed by atoms with Crippen LogP contribution in [0.4, 0.5) is 0 Å². The van der Waals surface area contributed by atoms with Crippen LogP contribution in [-0.2, 0) is 4.79 Å². The first-order chi connectivity index (χ1) is 6.66. The van der Waals surface area contributed by atoms with E-state index in [1.807, 2.05) is 0 Å². The Morgan fingerprint density at radius 1 is 1.36 bits per heavy atom. The van der Waals surface area contributed by atoms with Gasteiger partial charge in [0.1, 0.15) is 6.04 Å². The first kappa shape index (κ1) is 9.97. The molecule has 1 unspecified atom stereocenters. The lowest BCUT2D eigenvalue weighted by Gasteiger charge is -2.43. The molecule has 0 aromatic rings. The Morgan fingerprint density at radius 3 is 2.43 bits per heavy atom. The van der Waals surface area contributed by atoms with E-state index in [1.165, 1.54) is 32.1 Å². The number of rotatable bonds is 3. The molecular weight excluding hydrogens is 178 g/mol. The summed E-state index contributed by atoms with van der Waals surface area (Å²) in [6.45, 7) is 0. The number of fused-ring (bicyclic) bond motifs is 3. The van der Waals surface area contributed by atoms with Crippen molar-refractivity contribution in [2.24, 2.45) is 23.5 Å². The third kappa shape index (κ3) is 1.92. The molecule has 2 bridgehead atoms. The molecule has 0 radical (unpaired) electrons. The van der Waals surface area contributed by atoms with E-state index in [4.69, 9.17) is 10.8 Å². The highest BCUT2D eigenvalue weighted by molar-refractivity contribution is 5.73. The quantitative estimate of drug-likeness (QED) is 0.722. The summed E-state index contributed by atoms with van der Waals surface area (Å²) in [7, 11) is 0. The number of carbonyl (C=O) groups is 1. The smallest absolute Gasteiger partial charge is 0.320 e. The van der Waals surface area contributed by atoms with Gasteiger partial charge in [-0.2, -0.15) is 0 Å². The first-order valence-electron chi connectivity index (χ1n) is 5.65. The molecule has 2 atom stereocenters. The lowest BCUT2D eigenvalue weighted by atomic mass is 9.63. The highest BCUT2D eigenvalue weighted by Crippen LogP contribution is 2.46. The molecular formula is C11H19NO2. The van der Waals surface area contributed by atoms with Crippen LogP contribution >= 0.6 is 0 Å². The van der Waals surface area contributed by atoms with E-state index < -0.39 is 12.0 Å². The lowest BCUT2D eigenvalue weighted by Crippen LogP contribution is -2.38. The molecule has 3 rings (SSSR count). The van der Waals surface area contributed by atoms with Crippen LogP contribution in [0.25, 0.3) is 0 Å². The summed E-state index contributed by atoms with van der Waals surface area (Å²) in [4.78, 5) is 10.7. The van der Waals surface area contributed by atoms with Gasteiger partial charge in [-0.3, -0.25) is 4.79 Å². The highest BCUT2D eigenvalue weighted by Gasteiger charge is 2.36. The Labute approximate surface area is 84.7 Å². The second-order valence-corrected chi connectivity index (χ2v) is 4.96. The van der Waals surface area contributed by atoms with Crippen molar-refractivity contribution in [3.63, 3.8) is 0 Å². The van der Waals surface area contributed by atoms with E-state index in [1.54, 1.807) is 0 Å². The minimum absolute atomic E-state index is 0.591. The van der Waals surface area contributed by atoms with E-state index in [0.717, 1.165) is 11.8 Å². The van der Waals surface area contributed by atoms with Crippen LogP contribution < -0.4 is 5.73 Å². The molecule has 3 heteroatoms. The number of hydrogen-bond acceptors (Lipinski definition) is 2. The van der Waals surface area contributed by atoms with Gasteiger partial charge in [0.15, 0.2) is 0 Å². The van der Waals surface area contributed by atoms with Gasteiger partial charge in [-0.1, -0.05) is 12.8 Å². The molecule has 0 aromatic heterocycles. The van der Waals surface area contributed by atoms with Crippen molar-refractivity contribution in [1.82, 2.24) is 0 Å². The van der Waals surface area contributed by atoms with Crippen molar-refractivity contribution < 1.29 is 9.90 Å². The van der Waals surface area contributed by atoms with E-state index in [9.17, 15) is 4.79 Å². The summed E-state index contributed by atoms with van der Waals surface area (Å²) in [6, 6.07) is -0.639. The zero-order valence-electron chi connectivity index (χ0n) is 8.48. The predicted molar refractivity (Wildman–Crippen MR) is 53.8 cm³/mol. The van der Waals surface area contributed by atoms with Crippen LogP contribution in [0.15, 0.2) is 0 Å². The fourth-order valence-electron chi connectivity index (χ4n) is 3.23. The molecule has 3 aliphatic carbocycles. The average molecular weight is 197 g/mol. The fraction of sp³-hybridized carbons (Fsp3) is 0.909. The monoisotopic (exact) mass is 197 g/mol. The maximum absolute atomic E-state index is 10.7. The van der Waals surface area contributed by atoms with Crippen LogP contribution in [0.1, 0.15) is 38.5 Å². The van der Waals surface area contributed by atoms with E-state index in [-0.39, 0.29) is 0 Å². The maximum Gasteiger partial charge on any atom is 0.320 e. The molecule has 3 nitrogen and oxygen atoms in total. The molecule has 0 heterocycles. The van der Waals surface area contributed by atoms with Gasteiger partial charge in [-0.05, 0) is 43.4 Å². The molecule has 14 heavy (non-hydrogen) atoms. The minimum Gasteiger partial charge on any atom is -0.480 e. The normalized spacial score (nSPS) is 38.2. The Balaban J connectivity index is 1.89. The maximum atomic E-state index is 10.7. The molecule has 0 aliphatic heterocycles. The number of aliphatic carboxylic acids is 1. The Kier molecular flexibility index (Phi) is 2.77. The third-order valence-corrected chi connectivity index (χ3v) is 4.07. The second kappa shape index (κ2) is 3.89. The molecule has 3 fully saturated rings. The summed E-state index contributed by atoms with van der Waals surface area (Å²) in [5.41, 5.74) is 5.58. The third-order valence-electron chi connectivity index (χ3n) is 4.07. The lowest BCUT2D eigenvalue weighted by molar-refractivity contribution is -0.139. The molecule has 80 valence electrons. The summed E-state index contributed by atoms with van der Waals surface area (Å²) >= 11 is 0. The molecule has 0 spiro atoms. The Bertz CT molecular complexity index is 221. The molecule has 0 amide bonds. The van der Waals surface area contributed by atoms with Gasteiger partial charge in [-0.25, -0.2) is 0 Å². The topological polar surface area (TPSA) is 63.3 Å². The SMILES string of the molecule is N[C@@H](CC1CC2CCC1CC2)C(=O)O. The molecule has 0 aromatic carbocycles. The number of carboxylic acid groups (broad SMARTS) is 1. The predicted octanol–water partition coefficient (Wildman–Crippen LogP) is 1.61. The summed E-state index contributed by atoms with van der Waals surface area (Å²) < 4.78 is 0. The zero-order valence-corrected chi connectivity index (χ0v) is 8.48. The van der Waals surface area contributed by atoms with Crippen molar-refractivity contribution in [3.05, 3.63) is 0 Å². The van der Waals surface area contributed by atoms with Crippen molar-refractivity contribution >= 4 is 5.97 Å².